The van der Waals surface area contributed by atoms with Crippen LogP contribution in [0, 0.1) is 0 Å². The van der Waals surface area contributed by atoms with E-state index in [0.717, 1.165) is 57.8 Å². The first kappa shape index (κ1) is 28.9. The lowest BCUT2D eigenvalue weighted by Crippen LogP contribution is -2.42. The molecule has 0 aromatic carbocycles. The smallest absolute Gasteiger partial charge is 0.244 e. The molecular formula is C28H45NO2. The van der Waals surface area contributed by atoms with Gasteiger partial charge in [0.25, 0.3) is 0 Å². The summed E-state index contributed by atoms with van der Waals surface area (Å²) in [5.41, 5.74) is -0.788. The average molecular weight is 428 g/mol. The Labute approximate surface area is 191 Å². The van der Waals surface area contributed by atoms with Crippen LogP contribution in [-0.4, -0.2) is 23.2 Å². The fourth-order valence-electron chi connectivity index (χ4n) is 2.91. The molecule has 0 heterocycles. The molecule has 0 fully saturated rings. The van der Waals surface area contributed by atoms with Gasteiger partial charge in [0.1, 0.15) is 0 Å². The van der Waals surface area contributed by atoms with E-state index in [0.29, 0.717) is 6.54 Å². The second-order valence-corrected chi connectivity index (χ2v) is 7.93. The predicted octanol–water partition coefficient (Wildman–Crippen LogP) is 7.13. The van der Waals surface area contributed by atoms with Crippen molar-refractivity contribution in [1.82, 2.24) is 5.32 Å². The molecule has 0 aromatic heterocycles. The zero-order chi connectivity index (χ0) is 23.0. The molecule has 0 radical (unpaired) electrons. The van der Waals surface area contributed by atoms with Crippen LogP contribution in [0.4, 0.5) is 0 Å². The molecule has 3 nitrogen and oxygen atoms in total. The number of carbonyl (C=O) groups excluding carboxylic acids is 1. The third-order valence-electron chi connectivity index (χ3n) is 4.86. The van der Waals surface area contributed by atoms with Gasteiger partial charge in [-0.3, -0.25) is 4.79 Å². The van der Waals surface area contributed by atoms with Gasteiger partial charge in [-0.15, -0.1) is 0 Å². The topological polar surface area (TPSA) is 49.3 Å². The van der Waals surface area contributed by atoms with Gasteiger partial charge in [-0.05, 0) is 32.1 Å². The van der Waals surface area contributed by atoms with Crippen molar-refractivity contribution in [2.45, 2.75) is 90.6 Å². The molecule has 3 heteroatoms. The summed E-state index contributed by atoms with van der Waals surface area (Å²) in [6, 6.07) is 0. The lowest BCUT2D eigenvalue weighted by atomic mass is 9.91. The van der Waals surface area contributed by atoms with E-state index in [-0.39, 0.29) is 5.91 Å². The van der Waals surface area contributed by atoms with Crippen molar-refractivity contribution in [3.63, 3.8) is 0 Å². The van der Waals surface area contributed by atoms with Gasteiger partial charge in [-0.2, -0.15) is 0 Å². The van der Waals surface area contributed by atoms with Crippen LogP contribution in [0.3, 0.4) is 0 Å². The quantitative estimate of drug-likeness (QED) is 0.139. The molecule has 0 saturated heterocycles. The zero-order valence-corrected chi connectivity index (χ0v) is 20.1. The molecule has 0 aliphatic rings. The summed E-state index contributed by atoms with van der Waals surface area (Å²) in [4.78, 5) is 12.0. The van der Waals surface area contributed by atoms with Crippen LogP contribution in [0.25, 0.3) is 0 Å². The number of carbonyl (C=O) groups is 1. The highest BCUT2D eigenvalue weighted by Gasteiger charge is 2.25. The number of nitrogens with one attached hydrogen (secondary N) is 1. The summed E-state index contributed by atoms with van der Waals surface area (Å²) in [6.45, 7) is 6.72. The Morgan fingerprint density at radius 2 is 1.19 bits per heavy atom. The maximum absolute atomic E-state index is 12.0. The molecule has 31 heavy (non-hydrogen) atoms. The molecule has 0 bridgehead atoms. The van der Waals surface area contributed by atoms with Crippen molar-refractivity contribution >= 4 is 5.91 Å². The molecule has 0 aliphatic carbocycles. The fourth-order valence-corrected chi connectivity index (χ4v) is 2.91. The third kappa shape index (κ3) is 19.6. The number of amides is 1. The summed E-state index contributed by atoms with van der Waals surface area (Å²) >= 11 is 0. The van der Waals surface area contributed by atoms with E-state index in [1.54, 1.807) is 6.08 Å². The van der Waals surface area contributed by atoms with Crippen molar-refractivity contribution < 1.29 is 9.90 Å². The first-order chi connectivity index (χ1) is 15.1. The summed E-state index contributed by atoms with van der Waals surface area (Å²) in [6.07, 6.45) is 33.6. The first-order valence-corrected chi connectivity index (χ1v) is 12.1. The van der Waals surface area contributed by atoms with Crippen LogP contribution in [0.1, 0.15) is 85.0 Å². The van der Waals surface area contributed by atoms with Crippen LogP contribution in [0.15, 0.2) is 72.9 Å². The molecule has 0 aliphatic heterocycles. The lowest BCUT2D eigenvalue weighted by molar-refractivity contribution is -0.118. The van der Waals surface area contributed by atoms with Crippen molar-refractivity contribution in [2.75, 3.05) is 6.54 Å². The van der Waals surface area contributed by atoms with Crippen LogP contribution >= 0.6 is 0 Å². The minimum atomic E-state index is -0.788. The molecule has 0 spiro atoms. The summed E-state index contributed by atoms with van der Waals surface area (Å²) < 4.78 is 0. The van der Waals surface area contributed by atoms with Gasteiger partial charge in [0, 0.05) is 12.6 Å². The van der Waals surface area contributed by atoms with Gasteiger partial charge in [0.2, 0.25) is 5.91 Å². The maximum atomic E-state index is 12.0. The summed E-state index contributed by atoms with van der Waals surface area (Å²) in [5.74, 6) is -0.164. The molecule has 2 N–H and O–H groups in total. The second-order valence-electron chi connectivity index (χ2n) is 7.93. The van der Waals surface area contributed by atoms with E-state index in [1.165, 1.54) is 12.5 Å². The van der Waals surface area contributed by atoms with Gasteiger partial charge >= 0.3 is 0 Å². The fraction of sp³-hybridized carbons (Fsp3) is 0.536. The SMILES string of the molecule is CCCC=CC=CC=CCCC=CC=CC=CC(=O)NCC(O)(CCCC)CCCC. The normalized spacial score (nSPS) is 13.3. The minimum Gasteiger partial charge on any atom is -0.388 e. The van der Waals surface area contributed by atoms with Gasteiger partial charge in [0.15, 0.2) is 0 Å². The average Bonchev–Trinajstić information content (AvgIpc) is 2.77. The van der Waals surface area contributed by atoms with Crippen LogP contribution in [0.5, 0.6) is 0 Å². The second kappa shape index (κ2) is 21.1. The third-order valence-corrected chi connectivity index (χ3v) is 4.86. The van der Waals surface area contributed by atoms with Crippen LogP contribution in [0.2, 0.25) is 0 Å². The monoisotopic (exact) mass is 427 g/mol. The highest BCUT2D eigenvalue weighted by atomic mass is 16.3. The van der Waals surface area contributed by atoms with Gasteiger partial charge in [-0.1, -0.05) is 120 Å². The molecule has 1 amide bonds. The lowest BCUT2D eigenvalue weighted by Gasteiger charge is -2.28. The predicted molar refractivity (Wildman–Crippen MR) is 136 cm³/mol. The van der Waals surface area contributed by atoms with Crippen LogP contribution < -0.4 is 5.32 Å². The van der Waals surface area contributed by atoms with E-state index in [1.807, 2.05) is 18.2 Å². The van der Waals surface area contributed by atoms with E-state index in [9.17, 15) is 9.90 Å². The van der Waals surface area contributed by atoms with Crippen LogP contribution in [-0.2, 0) is 4.79 Å². The summed E-state index contributed by atoms with van der Waals surface area (Å²) in [5, 5.41) is 13.6. The van der Waals surface area contributed by atoms with Crippen molar-refractivity contribution in [2.24, 2.45) is 0 Å². The molecule has 174 valence electrons. The molecule has 0 atom stereocenters. The van der Waals surface area contributed by atoms with Gasteiger partial charge < -0.3 is 10.4 Å². The van der Waals surface area contributed by atoms with E-state index >= 15 is 0 Å². The highest BCUT2D eigenvalue weighted by molar-refractivity contribution is 5.87. The van der Waals surface area contributed by atoms with Gasteiger partial charge in [-0.25, -0.2) is 0 Å². The Morgan fingerprint density at radius 3 is 1.68 bits per heavy atom. The molecule has 0 unspecified atom stereocenters. The Hall–Kier alpha value is -2.13. The zero-order valence-electron chi connectivity index (χ0n) is 20.1. The van der Waals surface area contributed by atoms with Crippen molar-refractivity contribution in [3.05, 3.63) is 72.9 Å². The standard InChI is InChI=1S/C28H45NO2/c1-4-7-10-11-12-13-14-15-16-17-18-19-20-21-22-23-27(30)29-26-28(31,24-8-5-2)25-9-6-3/h10-15,18-23,31H,4-9,16-17,24-26H2,1-3H3,(H,29,30). The largest absolute Gasteiger partial charge is 0.388 e. The molecule has 0 rings (SSSR count). The maximum Gasteiger partial charge on any atom is 0.244 e. The van der Waals surface area contributed by atoms with Crippen molar-refractivity contribution in [1.29, 1.82) is 0 Å². The minimum absolute atomic E-state index is 0.164. The highest BCUT2D eigenvalue weighted by Crippen LogP contribution is 2.20. The number of allylic oxidation sites excluding steroid dienone is 11. The first-order valence-electron chi connectivity index (χ1n) is 12.1. The molecular weight excluding hydrogens is 382 g/mol. The molecule has 0 saturated carbocycles. The number of hydrogen-bond donors (Lipinski definition) is 2. The van der Waals surface area contributed by atoms with E-state index in [4.69, 9.17) is 0 Å². The Balaban J connectivity index is 4.09. The number of rotatable bonds is 18. The van der Waals surface area contributed by atoms with Gasteiger partial charge in [0.05, 0.1) is 5.60 Å². The number of hydrogen-bond acceptors (Lipinski definition) is 2. The Bertz CT molecular complexity index is 601. The van der Waals surface area contributed by atoms with Crippen molar-refractivity contribution in [3.8, 4) is 0 Å². The Kier molecular flexibility index (Phi) is 19.7. The number of aliphatic hydroxyl groups is 1. The molecule has 0 aromatic rings. The Morgan fingerprint density at radius 1 is 0.710 bits per heavy atom. The van der Waals surface area contributed by atoms with E-state index < -0.39 is 5.60 Å². The summed E-state index contributed by atoms with van der Waals surface area (Å²) in [7, 11) is 0. The van der Waals surface area contributed by atoms with E-state index in [2.05, 4.69) is 68.6 Å². The number of unbranched alkanes of at least 4 members (excludes halogenated alkanes) is 4.